The monoisotopic (exact) mass is 253 g/mol. The molecule has 5 heteroatoms. The Morgan fingerprint density at radius 1 is 1.39 bits per heavy atom. The summed E-state index contributed by atoms with van der Waals surface area (Å²) in [6.07, 6.45) is 3.43. The first-order chi connectivity index (χ1) is 8.18. The zero-order valence-corrected chi connectivity index (χ0v) is 12.0. The van der Waals surface area contributed by atoms with Crippen molar-refractivity contribution in [3.05, 3.63) is 0 Å². The minimum atomic E-state index is -0.477. The Morgan fingerprint density at radius 2 is 1.89 bits per heavy atom. The molecular weight excluding hydrogens is 230 g/mol. The fourth-order valence-electron chi connectivity index (χ4n) is 1.97. The number of likely N-dealkylation sites (tertiary alicyclic amines) is 1. The van der Waals surface area contributed by atoms with Crippen LogP contribution in [0.25, 0.3) is 0 Å². The van der Waals surface area contributed by atoms with Crippen LogP contribution in [0.1, 0.15) is 40.5 Å². The maximum Gasteiger partial charge on any atom is 0.410 e. The number of nitriles is 1. The van der Waals surface area contributed by atoms with Gasteiger partial charge in [0.25, 0.3) is 0 Å². The molecule has 0 spiro atoms. The molecule has 0 radical (unpaired) electrons. The molecule has 0 bridgehead atoms. The average molecular weight is 253 g/mol. The molecule has 1 aliphatic heterocycles. The second kappa shape index (κ2) is 5.05. The molecule has 1 saturated heterocycles. The van der Waals surface area contributed by atoms with Crippen molar-refractivity contribution in [3.63, 3.8) is 0 Å². The smallest absolute Gasteiger partial charge is 0.410 e. The molecule has 102 valence electrons. The van der Waals surface area contributed by atoms with Gasteiger partial charge in [-0.15, -0.1) is 0 Å². The number of carbonyl (C=O) groups is 1. The first kappa shape index (κ1) is 14.6. The number of rotatable bonds is 1. The predicted octanol–water partition coefficient (Wildman–Crippen LogP) is 2.19. The number of ether oxygens (including phenoxy) is 1. The Hall–Kier alpha value is -1.44. The van der Waals surface area contributed by atoms with Crippen LogP contribution in [0.5, 0.6) is 0 Å². The SMILES string of the molecule is CN(C(=O)OC(C)(C)C)C1(C)CCN(C#N)CC1. The molecule has 0 N–H and O–H groups in total. The molecule has 1 rings (SSSR count). The molecule has 1 aliphatic rings. The fourth-order valence-corrected chi connectivity index (χ4v) is 1.97. The van der Waals surface area contributed by atoms with Gasteiger partial charge in [-0.25, -0.2) is 4.79 Å². The lowest BCUT2D eigenvalue weighted by Crippen LogP contribution is -2.54. The summed E-state index contributed by atoms with van der Waals surface area (Å²) in [7, 11) is 1.77. The second-order valence-corrected chi connectivity index (χ2v) is 6.12. The van der Waals surface area contributed by atoms with Crippen molar-refractivity contribution in [2.75, 3.05) is 20.1 Å². The van der Waals surface area contributed by atoms with Gasteiger partial charge in [-0.2, -0.15) is 5.26 Å². The first-order valence-corrected chi connectivity index (χ1v) is 6.29. The van der Waals surface area contributed by atoms with E-state index in [0.717, 1.165) is 12.8 Å². The minimum Gasteiger partial charge on any atom is -0.444 e. The van der Waals surface area contributed by atoms with Crippen molar-refractivity contribution in [2.45, 2.75) is 51.7 Å². The van der Waals surface area contributed by atoms with Crippen LogP contribution in [0, 0.1) is 11.5 Å². The molecule has 0 aromatic rings. The van der Waals surface area contributed by atoms with Gasteiger partial charge in [0.1, 0.15) is 5.60 Å². The summed E-state index contributed by atoms with van der Waals surface area (Å²) in [5, 5.41) is 8.83. The van der Waals surface area contributed by atoms with E-state index < -0.39 is 5.60 Å². The van der Waals surface area contributed by atoms with Crippen LogP contribution in [-0.2, 0) is 4.74 Å². The summed E-state index contributed by atoms with van der Waals surface area (Å²) in [5.74, 6) is 0. The highest BCUT2D eigenvalue weighted by Gasteiger charge is 2.37. The van der Waals surface area contributed by atoms with Gasteiger partial charge in [0.15, 0.2) is 6.19 Å². The zero-order chi connectivity index (χ0) is 14.0. The molecule has 0 aromatic heterocycles. The molecule has 18 heavy (non-hydrogen) atoms. The number of nitrogens with zero attached hydrogens (tertiary/aromatic N) is 3. The molecule has 1 heterocycles. The lowest BCUT2D eigenvalue weighted by atomic mass is 9.88. The van der Waals surface area contributed by atoms with Gasteiger partial charge in [0.05, 0.1) is 0 Å². The molecule has 0 atom stereocenters. The van der Waals surface area contributed by atoms with Gasteiger partial charge >= 0.3 is 6.09 Å². The lowest BCUT2D eigenvalue weighted by molar-refractivity contribution is -0.00288. The molecule has 0 aliphatic carbocycles. The van der Waals surface area contributed by atoms with E-state index in [4.69, 9.17) is 10.00 Å². The Labute approximate surface area is 109 Å². The Kier molecular flexibility index (Phi) is 4.10. The van der Waals surface area contributed by atoms with Crippen molar-refractivity contribution in [1.82, 2.24) is 9.80 Å². The van der Waals surface area contributed by atoms with Gasteiger partial charge < -0.3 is 14.5 Å². The summed E-state index contributed by atoms with van der Waals surface area (Å²) in [6.45, 7) is 9.02. The summed E-state index contributed by atoms with van der Waals surface area (Å²) in [5.41, 5.74) is -0.704. The third kappa shape index (κ3) is 3.52. The summed E-state index contributed by atoms with van der Waals surface area (Å²) in [6, 6.07) is 0. The van der Waals surface area contributed by atoms with E-state index >= 15 is 0 Å². The standard InChI is InChI=1S/C13H23N3O2/c1-12(2,3)18-11(17)15(5)13(4)6-8-16(10-14)9-7-13/h6-9H2,1-5H3. The molecular formula is C13H23N3O2. The summed E-state index contributed by atoms with van der Waals surface area (Å²) in [4.78, 5) is 15.4. The molecule has 0 aromatic carbocycles. The third-order valence-electron chi connectivity index (χ3n) is 3.46. The molecule has 0 saturated carbocycles. The maximum atomic E-state index is 12.0. The molecule has 5 nitrogen and oxygen atoms in total. The van der Waals surface area contributed by atoms with Crippen molar-refractivity contribution in [1.29, 1.82) is 5.26 Å². The van der Waals surface area contributed by atoms with Crippen molar-refractivity contribution < 1.29 is 9.53 Å². The number of hydrogen-bond donors (Lipinski definition) is 0. The highest BCUT2D eigenvalue weighted by Crippen LogP contribution is 2.28. The third-order valence-corrected chi connectivity index (χ3v) is 3.46. The Morgan fingerprint density at radius 3 is 2.28 bits per heavy atom. The quantitative estimate of drug-likeness (QED) is 0.672. The van der Waals surface area contributed by atoms with E-state index in [9.17, 15) is 4.79 Å². The van der Waals surface area contributed by atoms with Gasteiger partial charge in [-0.1, -0.05) is 0 Å². The normalized spacial score (nSPS) is 19.0. The van der Waals surface area contributed by atoms with Gasteiger partial charge in [-0.3, -0.25) is 0 Å². The number of amides is 1. The van der Waals surface area contributed by atoms with E-state index in [1.54, 1.807) is 16.8 Å². The van der Waals surface area contributed by atoms with Crippen LogP contribution in [0.15, 0.2) is 0 Å². The molecule has 1 fully saturated rings. The van der Waals surface area contributed by atoms with Crippen molar-refractivity contribution in [2.24, 2.45) is 0 Å². The largest absolute Gasteiger partial charge is 0.444 e. The predicted molar refractivity (Wildman–Crippen MR) is 68.8 cm³/mol. The van der Waals surface area contributed by atoms with E-state index in [-0.39, 0.29) is 11.6 Å². The lowest BCUT2D eigenvalue weighted by Gasteiger charge is -2.43. The first-order valence-electron chi connectivity index (χ1n) is 6.29. The molecule has 0 unspecified atom stereocenters. The van der Waals surface area contributed by atoms with Gasteiger partial charge in [0.2, 0.25) is 0 Å². The van der Waals surface area contributed by atoms with E-state index in [2.05, 4.69) is 6.19 Å². The van der Waals surface area contributed by atoms with Crippen LogP contribution in [-0.4, -0.2) is 47.2 Å². The molecule has 1 amide bonds. The van der Waals surface area contributed by atoms with Crippen LogP contribution in [0.3, 0.4) is 0 Å². The minimum absolute atomic E-state index is 0.227. The summed E-state index contributed by atoms with van der Waals surface area (Å²) >= 11 is 0. The fraction of sp³-hybridized carbons (Fsp3) is 0.846. The van der Waals surface area contributed by atoms with Crippen LogP contribution in [0.4, 0.5) is 4.79 Å². The Balaban J connectivity index is 2.64. The number of piperidine rings is 1. The Bertz CT molecular complexity index is 346. The van der Waals surface area contributed by atoms with Crippen molar-refractivity contribution in [3.8, 4) is 6.19 Å². The zero-order valence-electron chi connectivity index (χ0n) is 12.0. The topological polar surface area (TPSA) is 56.6 Å². The van der Waals surface area contributed by atoms with Crippen LogP contribution < -0.4 is 0 Å². The van der Waals surface area contributed by atoms with E-state index in [1.807, 2.05) is 27.7 Å². The van der Waals surface area contributed by atoms with Crippen LogP contribution in [0.2, 0.25) is 0 Å². The highest BCUT2D eigenvalue weighted by atomic mass is 16.6. The van der Waals surface area contributed by atoms with Gasteiger partial charge in [0, 0.05) is 25.7 Å². The summed E-state index contributed by atoms with van der Waals surface area (Å²) < 4.78 is 5.38. The van der Waals surface area contributed by atoms with Crippen molar-refractivity contribution >= 4 is 6.09 Å². The van der Waals surface area contributed by atoms with Gasteiger partial charge in [-0.05, 0) is 40.5 Å². The van der Waals surface area contributed by atoms with Crippen LogP contribution >= 0.6 is 0 Å². The second-order valence-electron chi connectivity index (χ2n) is 6.12. The van der Waals surface area contributed by atoms with E-state index in [0.29, 0.717) is 13.1 Å². The number of hydrogen-bond acceptors (Lipinski definition) is 4. The van der Waals surface area contributed by atoms with E-state index in [1.165, 1.54) is 0 Å². The maximum absolute atomic E-state index is 12.0. The average Bonchev–Trinajstić information content (AvgIpc) is 2.27. The number of carbonyl (C=O) groups excluding carboxylic acids is 1. The highest BCUT2D eigenvalue weighted by molar-refractivity contribution is 5.68.